The van der Waals surface area contributed by atoms with Crippen molar-refractivity contribution in [2.75, 3.05) is 20.1 Å². The Hall–Kier alpha value is -4.62. The van der Waals surface area contributed by atoms with Gasteiger partial charge in [0.25, 0.3) is 0 Å². The summed E-state index contributed by atoms with van der Waals surface area (Å²) >= 11 is 0. The minimum absolute atomic E-state index is 0.0167. The van der Waals surface area contributed by atoms with Crippen LogP contribution >= 0.6 is 0 Å². The highest BCUT2D eigenvalue weighted by molar-refractivity contribution is 5.96. The molecule has 14 heteroatoms. The SMILES string of the molecule is CNC(=O)[C@@H](NC(=O)[C@@H]1CCCCCC=CC2CC2(C(=O)O)NC(=O)N2C[C@@H](OC(=O)N3CCc4ccccc4C3)C[C@@H]2C(=O)N1)C1CCCCC1. The lowest BCUT2D eigenvalue weighted by Gasteiger charge is -2.31. The zero-order valence-electron chi connectivity index (χ0n) is 29.9. The minimum atomic E-state index is -1.50. The van der Waals surface area contributed by atoms with Gasteiger partial charge in [-0.1, -0.05) is 68.5 Å². The summed E-state index contributed by atoms with van der Waals surface area (Å²) < 4.78 is 5.90. The number of carboxylic acid groups (broad SMARTS) is 1. The molecule has 2 aliphatic carbocycles. The number of carbonyl (C=O) groups is 6. The number of urea groups is 1. The molecule has 14 nitrogen and oxygen atoms in total. The van der Waals surface area contributed by atoms with Crippen LogP contribution in [0.25, 0.3) is 0 Å². The van der Waals surface area contributed by atoms with E-state index in [-0.39, 0.29) is 31.2 Å². The third-order valence-electron chi connectivity index (χ3n) is 11.5. The summed E-state index contributed by atoms with van der Waals surface area (Å²) in [5, 5.41) is 21.3. The van der Waals surface area contributed by atoms with Crippen molar-refractivity contribution in [3.05, 3.63) is 47.5 Å². The Morgan fingerprint density at radius 3 is 2.48 bits per heavy atom. The molecular formula is C38H52N6O8. The number of carboxylic acids is 1. The smallest absolute Gasteiger partial charge is 0.410 e. The molecule has 0 radical (unpaired) electrons. The molecule has 2 unspecified atom stereocenters. The zero-order chi connectivity index (χ0) is 36.8. The van der Waals surface area contributed by atoms with E-state index >= 15 is 0 Å². The van der Waals surface area contributed by atoms with Crippen molar-refractivity contribution in [1.29, 1.82) is 0 Å². The molecule has 5 N–H and O–H groups in total. The fourth-order valence-corrected chi connectivity index (χ4v) is 8.31. The first-order chi connectivity index (χ1) is 25.1. The van der Waals surface area contributed by atoms with Gasteiger partial charge in [-0.05, 0) is 62.0 Å². The Bertz CT molecular complexity index is 1560. The predicted octanol–water partition coefficient (Wildman–Crippen LogP) is 2.99. The third kappa shape index (κ3) is 8.36. The number of likely N-dealkylation sites (N-methyl/N-ethyl adjacent to an activating group) is 1. The Balaban J connectivity index is 1.21. The molecule has 3 aliphatic heterocycles. The number of ether oxygens (including phenoxy) is 1. The van der Waals surface area contributed by atoms with Crippen LogP contribution in [-0.2, 0) is 36.9 Å². The van der Waals surface area contributed by atoms with Crippen LogP contribution in [0.5, 0.6) is 0 Å². The predicted molar refractivity (Wildman–Crippen MR) is 190 cm³/mol. The van der Waals surface area contributed by atoms with E-state index in [1.807, 2.05) is 36.4 Å². The van der Waals surface area contributed by atoms with Crippen molar-refractivity contribution >= 4 is 35.8 Å². The van der Waals surface area contributed by atoms with Gasteiger partial charge in [-0.25, -0.2) is 14.4 Å². The van der Waals surface area contributed by atoms with Gasteiger partial charge in [0, 0.05) is 32.5 Å². The first-order valence-corrected chi connectivity index (χ1v) is 18.9. The van der Waals surface area contributed by atoms with Gasteiger partial charge in [0.15, 0.2) is 0 Å². The number of nitrogens with one attached hydrogen (secondary N) is 4. The molecule has 1 aromatic rings. The van der Waals surface area contributed by atoms with Gasteiger partial charge in [-0.3, -0.25) is 14.4 Å². The lowest BCUT2D eigenvalue weighted by Crippen LogP contribution is -2.59. The number of benzene rings is 1. The Morgan fingerprint density at radius 2 is 1.73 bits per heavy atom. The largest absolute Gasteiger partial charge is 0.479 e. The molecule has 6 atom stereocenters. The normalized spacial score (nSPS) is 28.9. The van der Waals surface area contributed by atoms with Gasteiger partial charge in [-0.15, -0.1) is 0 Å². The van der Waals surface area contributed by atoms with Gasteiger partial charge in [0.2, 0.25) is 17.7 Å². The van der Waals surface area contributed by atoms with Gasteiger partial charge in [0.1, 0.15) is 29.8 Å². The molecule has 2 saturated carbocycles. The molecule has 282 valence electrons. The lowest BCUT2D eigenvalue weighted by molar-refractivity contribution is -0.140. The molecule has 0 spiro atoms. The molecule has 3 heterocycles. The first-order valence-electron chi connectivity index (χ1n) is 18.9. The summed E-state index contributed by atoms with van der Waals surface area (Å²) in [5.41, 5.74) is 0.692. The van der Waals surface area contributed by atoms with E-state index < -0.39 is 65.6 Å². The van der Waals surface area contributed by atoms with E-state index in [0.717, 1.165) is 50.5 Å². The van der Waals surface area contributed by atoms with Crippen LogP contribution in [0.15, 0.2) is 36.4 Å². The average molecular weight is 721 g/mol. The minimum Gasteiger partial charge on any atom is -0.479 e. The summed E-state index contributed by atoms with van der Waals surface area (Å²) in [4.78, 5) is 83.5. The first kappa shape index (κ1) is 37.1. The summed E-state index contributed by atoms with van der Waals surface area (Å²) in [6.07, 6.45) is 11.1. The maximum Gasteiger partial charge on any atom is 0.410 e. The number of amides is 6. The second-order valence-corrected chi connectivity index (χ2v) is 15.0. The van der Waals surface area contributed by atoms with Crippen LogP contribution in [0, 0.1) is 11.8 Å². The number of nitrogens with zero attached hydrogens (tertiary/aromatic N) is 2. The topological polar surface area (TPSA) is 186 Å². The fourth-order valence-electron chi connectivity index (χ4n) is 8.31. The van der Waals surface area contributed by atoms with E-state index in [1.54, 1.807) is 11.9 Å². The number of rotatable bonds is 6. The van der Waals surface area contributed by atoms with Crippen molar-refractivity contribution in [2.24, 2.45) is 11.8 Å². The number of hydrogen-bond donors (Lipinski definition) is 5. The highest BCUT2D eigenvalue weighted by Gasteiger charge is 2.61. The summed E-state index contributed by atoms with van der Waals surface area (Å²) in [6, 6.07) is 4.26. The van der Waals surface area contributed by atoms with E-state index in [9.17, 15) is 33.9 Å². The number of aliphatic carboxylic acids is 1. The Morgan fingerprint density at radius 1 is 1.00 bits per heavy atom. The second kappa shape index (κ2) is 16.4. The zero-order valence-corrected chi connectivity index (χ0v) is 29.9. The van der Waals surface area contributed by atoms with Crippen molar-refractivity contribution < 1.29 is 38.6 Å². The van der Waals surface area contributed by atoms with Crippen LogP contribution in [-0.4, -0.2) is 101 Å². The van der Waals surface area contributed by atoms with Crippen LogP contribution in [0.3, 0.4) is 0 Å². The molecular weight excluding hydrogens is 668 g/mol. The summed E-state index contributed by atoms with van der Waals surface area (Å²) in [5.74, 6) is -2.93. The van der Waals surface area contributed by atoms with Crippen LogP contribution in [0.2, 0.25) is 0 Å². The van der Waals surface area contributed by atoms with Gasteiger partial charge in [-0.2, -0.15) is 0 Å². The quantitative estimate of drug-likeness (QED) is 0.278. The molecule has 5 aliphatic rings. The molecule has 1 saturated heterocycles. The standard InChI is InChI=1S/C38H52N6O8/c1-39-34(47)31(25-13-6-5-7-14-25)41-32(45)29-17-9-4-2-3-8-16-27-21-38(27,35(48)49)42-36(50)44-23-28(20-30(44)33(46)40-29)52-37(51)43-19-18-24-12-10-11-15-26(24)22-43/h8,10-12,15-16,25,27-31H,2-7,9,13-14,17-23H2,1H3,(H,39,47)(H,40,46)(H,41,45)(H,42,50)(H,48,49)/t27?,28-,29-,30+,31-,38?/m0/s1. The maximum absolute atomic E-state index is 14.1. The van der Waals surface area contributed by atoms with Crippen LogP contribution in [0.1, 0.15) is 88.2 Å². The average Bonchev–Trinajstić information content (AvgIpc) is 3.69. The summed E-state index contributed by atoms with van der Waals surface area (Å²) in [7, 11) is 1.54. The Labute approximate surface area is 304 Å². The van der Waals surface area contributed by atoms with E-state index in [4.69, 9.17) is 4.74 Å². The monoisotopic (exact) mass is 720 g/mol. The van der Waals surface area contributed by atoms with E-state index in [2.05, 4.69) is 21.3 Å². The molecule has 3 fully saturated rings. The lowest BCUT2D eigenvalue weighted by atomic mass is 9.83. The summed E-state index contributed by atoms with van der Waals surface area (Å²) in [6.45, 7) is 0.704. The number of hydrogen-bond acceptors (Lipinski definition) is 7. The molecule has 6 rings (SSSR count). The van der Waals surface area contributed by atoms with Gasteiger partial charge >= 0.3 is 18.1 Å². The van der Waals surface area contributed by atoms with E-state index in [0.29, 0.717) is 38.8 Å². The highest BCUT2D eigenvalue weighted by Crippen LogP contribution is 2.45. The molecule has 1 aromatic carbocycles. The molecule has 52 heavy (non-hydrogen) atoms. The van der Waals surface area contributed by atoms with E-state index in [1.165, 1.54) is 10.5 Å². The van der Waals surface area contributed by atoms with Crippen LogP contribution < -0.4 is 21.3 Å². The maximum atomic E-state index is 14.1. The number of allylic oxidation sites excluding steroid dienone is 1. The van der Waals surface area contributed by atoms with Crippen LogP contribution in [0.4, 0.5) is 9.59 Å². The fraction of sp³-hybridized carbons (Fsp3) is 0.632. The van der Waals surface area contributed by atoms with Crippen molar-refractivity contribution in [3.63, 3.8) is 0 Å². The molecule has 0 aromatic heterocycles. The van der Waals surface area contributed by atoms with Crippen molar-refractivity contribution in [1.82, 2.24) is 31.1 Å². The third-order valence-corrected chi connectivity index (χ3v) is 11.5. The molecule has 0 bridgehead atoms. The number of carbonyl (C=O) groups excluding carboxylic acids is 5. The molecule has 6 amide bonds. The van der Waals surface area contributed by atoms with Gasteiger partial charge < -0.3 is 40.9 Å². The number of fused-ring (bicyclic) bond motifs is 3. The Kier molecular flexibility index (Phi) is 11.7. The van der Waals surface area contributed by atoms with Gasteiger partial charge in [0.05, 0.1) is 6.54 Å². The van der Waals surface area contributed by atoms with Crippen molar-refractivity contribution in [3.8, 4) is 0 Å². The second-order valence-electron chi connectivity index (χ2n) is 15.0. The highest BCUT2D eigenvalue weighted by atomic mass is 16.6. The van der Waals surface area contributed by atoms with Crippen molar-refractivity contribution in [2.45, 2.75) is 120 Å².